The summed E-state index contributed by atoms with van der Waals surface area (Å²) in [4.78, 5) is 36.7. The molecule has 1 aromatic carbocycles. The van der Waals surface area contributed by atoms with E-state index in [1.165, 1.54) is 7.05 Å². The molecule has 1 fully saturated rings. The Labute approximate surface area is 158 Å². The second-order valence-electron chi connectivity index (χ2n) is 7.08. The number of rotatable bonds is 8. The molecule has 27 heavy (non-hydrogen) atoms. The summed E-state index contributed by atoms with van der Waals surface area (Å²) in [6.07, 6.45) is 0.311. The molecule has 0 bridgehead atoms. The quantitative estimate of drug-likeness (QED) is 0.389. The van der Waals surface area contributed by atoms with Gasteiger partial charge in [0.15, 0.2) is 0 Å². The van der Waals surface area contributed by atoms with Crippen LogP contribution in [0.25, 0.3) is 0 Å². The predicted octanol–water partition coefficient (Wildman–Crippen LogP) is 0.492. The number of carbonyl (C=O) groups excluding carboxylic acids is 3. The second kappa shape index (κ2) is 8.85. The van der Waals surface area contributed by atoms with Crippen molar-refractivity contribution in [1.29, 1.82) is 0 Å². The van der Waals surface area contributed by atoms with Crippen molar-refractivity contribution < 1.29 is 24.3 Å². The number of likely N-dealkylation sites (N-methyl/N-ethyl adjacent to an activating group) is 1. The second-order valence-corrected chi connectivity index (χ2v) is 7.08. The van der Waals surface area contributed by atoms with Crippen LogP contribution in [0.3, 0.4) is 0 Å². The number of benzene rings is 1. The first-order chi connectivity index (χ1) is 12.8. The molecule has 1 aromatic rings. The normalized spacial score (nSPS) is 21.9. The number of amides is 3. The molecule has 2 unspecified atom stereocenters. The number of hydrogen-bond donors (Lipinski definition) is 4. The lowest BCUT2D eigenvalue weighted by molar-refractivity contribution is -0.133. The summed E-state index contributed by atoms with van der Waals surface area (Å²) in [5.41, 5.74) is 2.49. The molecule has 4 atom stereocenters. The third-order valence-electron chi connectivity index (χ3n) is 5.04. The molecule has 148 valence electrons. The lowest BCUT2D eigenvalue weighted by Gasteiger charge is -2.18. The molecule has 1 saturated carbocycles. The minimum Gasteiger partial charge on any atom is -0.497 e. The standard InChI is InChI=1S/C19H27N3O5/c1-10(2)14-15(16(14)19(25)22-26)18(24)21-13(17(23)20-3)9-11-5-7-12(27-4)8-6-11/h5-8,10,13-16,26H,9H2,1-4H3,(H,20,23)(H,21,24)(H,22,25)/t13-,14-,15?,16?/m0/s1. The van der Waals surface area contributed by atoms with Crippen LogP contribution in [0, 0.1) is 23.7 Å². The zero-order valence-corrected chi connectivity index (χ0v) is 16.0. The Morgan fingerprint density at radius 3 is 2.19 bits per heavy atom. The lowest BCUT2D eigenvalue weighted by atomic mass is 10.0. The third kappa shape index (κ3) is 4.77. The van der Waals surface area contributed by atoms with E-state index >= 15 is 0 Å². The van der Waals surface area contributed by atoms with Gasteiger partial charge in [-0.3, -0.25) is 19.6 Å². The monoisotopic (exact) mass is 377 g/mol. The van der Waals surface area contributed by atoms with Crippen LogP contribution in [-0.2, 0) is 20.8 Å². The first kappa shape index (κ1) is 20.7. The van der Waals surface area contributed by atoms with Crippen molar-refractivity contribution >= 4 is 17.7 Å². The van der Waals surface area contributed by atoms with Gasteiger partial charge in [-0.25, -0.2) is 5.48 Å². The van der Waals surface area contributed by atoms with Crippen molar-refractivity contribution in [2.24, 2.45) is 23.7 Å². The van der Waals surface area contributed by atoms with Crippen molar-refractivity contribution in [3.05, 3.63) is 29.8 Å². The summed E-state index contributed by atoms with van der Waals surface area (Å²) >= 11 is 0. The number of nitrogens with one attached hydrogen (secondary N) is 3. The molecule has 1 aliphatic carbocycles. The number of methoxy groups -OCH3 is 1. The van der Waals surface area contributed by atoms with Crippen LogP contribution in [0.5, 0.6) is 5.75 Å². The lowest BCUT2D eigenvalue weighted by Crippen LogP contribution is -2.48. The first-order valence-corrected chi connectivity index (χ1v) is 8.92. The molecule has 0 heterocycles. The highest BCUT2D eigenvalue weighted by molar-refractivity contribution is 5.95. The average Bonchev–Trinajstić information content (AvgIpc) is 3.43. The van der Waals surface area contributed by atoms with Crippen molar-refractivity contribution in [3.8, 4) is 5.75 Å². The third-order valence-corrected chi connectivity index (χ3v) is 5.04. The van der Waals surface area contributed by atoms with E-state index in [1.807, 2.05) is 26.0 Å². The Morgan fingerprint density at radius 1 is 1.11 bits per heavy atom. The van der Waals surface area contributed by atoms with E-state index < -0.39 is 23.8 Å². The van der Waals surface area contributed by atoms with E-state index in [-0.39, 0.29) is 23.7 Å². The smallest absolute Gasteiger partial charge is 0.247 e. The van der Waals surface area contributed by atoms with Gasteiger partial charge in [-0.15, -0.1) is 0 Å². The van der Waals surface area contributed by atoms with Crippen molar-refractivity contribution in [2.45, 2.75) is 26.3 Å². The van der Waals surface area contributed by atoms with Gasteiger partial charge in [0.05, 0.1) is 18.9 Å². The molecule has 0 saturated heterocycles. The molecule has 8 nitrogen and oxygen atoms in total. The maximum Gasteiger partial charge on any atom is 0.247 e. The summed E-state index contributed by atoms with van der Waals surface area (Å²) in [7, 11) is 3.08. The molecule has 8 heteroatoms. The molecular formula is C19H27N3O5. The number of carbonyl (C=O) groups is 3. The van der Waals surface area contributed by atoms with Gasteiger partial charge >= 0.3 is 0 Å². The maximum absolute atomic E-state index is 12.7. The van der Waals surface area contributed by atoms with Crippen LogP contribution < -0.4 is 20.9 Å². The molecule has 4 N–H and O–H groups in total. The van der Waals surface area contributed by atoms with E-state index in [2.05, 4.69) is 10.6 Å². The van der Waals surface area contributed by atoms with E-state index in [9.17, 15) is 14.4 Å². The summed E-state index contributed by atoms with van der Waals surface area (Å²) in [6, 6.07) is 6.47. The van der Waals surface area contributed by atoms with Crippen LogP contribution in [0.1, 0.15) is 19.4 Å². The highest BCUT2D eigenvalue weighted by Gasteiger charge is 2.60. The van der Waals surface area contributed by atoms with Crippen LogP contribution >= 0.6 is 0 Å². The Balaban J connectivity index is 2.09. The number of hydrogen-bond acceptors (Lipinski definition) is 5. The average molecular weight is 377 g/mol. The predicted molar refractivity (Wildman–Crippen MR) is 97.9 cm³/mol. The summed E-state index contributed by atoms with van der Waals surface area (Å²) in [5, 5.41) is 14.2. The molecule has 0 spiro atoms. The van der Waals surface area contributed by atoms with Gasteiger partial charge in [-0.2, -0.15) is 0 Å². The molecule has 0 radical (unpaired) electrons. The molecular weight excluding hydrogens is 350 g/mol. The van der Waals surface area contributed by atoms with Crippen molar-refractivity contribution in [2.75, 3.05) is 14.2 Å². The fourth-order valence-corrected chi connectivity index (χ4v) is 3.56. The molecule has 2 rings (SSSR count). The van der Waals surface area contributed by atoms with Gasteiger partial charge in [-0.05, 0) is 29.5 Å². The maximum atomic E-state index is 12.7. The summed E-state index contributed by atoms with van der Waals surface area (Å²) in [6.45, 7) is 3.84. The van der Waals surface area contributed by atoms with Gasteiger partial charge < -0.3 is 15.4 Å². The van der Waals surface area contributed by atoms with Gasteiger partial charge in [0.2, 0.25) is 17.7 Å². The van der Waals surface area contributed by atoms with Gasteiger partial charge in [0, 0.05) is 13.5 Å². The Bertz CT molecular complexity index is 689. The molecule has 1 aliphatic rings. The number of ether oxygens (including phenoxy) is 1. The zero-order chi connectivity index (χ0) is 20.1. The largest absolute Gasteiger partial charge is 0.497 e. The van der Waals surface area contributed by atoms with E-state index in [1.54, 1.807) is 24.7 Å². The minimum atomic E-state index is -0.762. The highest BCUT2D eigenvalue weighted by atomic mass is 16.5. The minimum absolute atomic E-state index is 0.100. The Kier molecular flexibility index (Phi) is 6.79. The van der Waals surface area contributed by atoms with Crippen LogP contribution in [0.2, 0.25) is 0 Å². The van der Waals surface area contributed by atoms with E-state index in [0.29, 0.717) is 12.2 Å². The van der Waals surface area contributed by atoms with Crippen molar-refractivity contribution in [1.82, 2.24) is 16.1 Å². The van der Waals surface area contributed by atoms with Gasteiger partial charge in [0.1, 0.15) is 11.8 Å². The Hall–Kier alpha value is -2.61. The topological polar surface area (TPSA) is 117 Å². The van der Waals surface area contributed by atoms with Gasteiger partial charge in [-0.1, -0.05) is 26.0 Å². The van der Waals surface area contributed by atoms with E-state index in [0.717, 1.165) is 5.56 Å². The highest BCUT2D eigenvalue weighted by Crippen LogP contribution is 2.51. The zero-order valence-electron chi connectivity index (χ0n) is 16.0. The SMILES string of the molecule is CNC(=O)[C@H](Cc1ccc(OC)cc1)NC(=O)C1C(C(=O)NO)[C@H]1C(C)C. The molecule has 0 aliphatic heterocycles. The summed E-state index contributed by atoms with van der Waals surface area (Å²) < 4.78 is 5.12. The fraction of sp³-hybridized carbons (Fsp3) is 0.526. The first-order valence-electron chi connectivity index (χ1n) is 8.92. The van der Waals surface area contributed by atoms with Crippen LogP contribution in [0.15, 0.2) is 24.3 Å². The number of hydroxylamine groups is 1. The molecule has 3 amide bonds. The summed E-state index contributed by atoms with van der Waals surface area (Å²) in [5.74, 6) is -1.74. The fourth-order valence-electron chi connectivity index (χ4n) is 3.56. The Morgan fingerprint density at radius 2 is 1.70 bits per heavy atom. The van der Waals surface area contributed by atoms with Crippen LogP contribution in [0.4, 0.5) is 0 Å². The van der Waals surface area contributed by atoms with Crippen LogP contribution in [-0.4, -0.2) is 43.1 Å². The molecule has 0 aromatic heterocycles. The van der Waals surface area contributed by atoms with Crippen molar-refractivity contribution in [3.63, 3.8) is 0 Å². The van der Waals surface area contributed by atoms with E-state index in [4.69, 9.17) is 9.94 Å². The van der Waals surface area contributed by atoms with Gasteiger partial charge in [0.25, 0.3) is 0 Å².